The van der Waals surface area contributed by atoms with Gasteiger partial charge in [-0.25, -0.2) is 8.42 Å². The van der Waals surface area contributed by atoms with E-state index in [4.69, 9.17) is 9.15 Å². The molecule has 11 nitrogen and oxygen atoms in total. The van der Waals surface area contributed by atoms with E-state index >= 15 is 0 Å². The maximum Gasteiger partial charge on any atom is 0.287 e. The van der Waals surface area contributed by atoms with Crippen LogP contribution < -0.4 is 10.1 Å². The number of ether oxygens (including phenoxy) is 1. The molecule has 12 heteroatoms. The highest BCUT2D eigenvalue weighted by Gasteiger charge is 2.56. The molecule has 6 rings (SSSR count). The standard InChI is InChI=1S/C28H30N4O7S/c1-38-19-7-8-23-18(14-19)15-24(39-23)26(34)30-28(10-3-2-4-11-28)27(35)31-13-9-21-25(31)22(33)17-32(21)40(36,37)20-6-5-12-29-16-20/h5-8,12,14-16,21,25H,2-4,9-11,13,17H2,1H3,(H,30,34). The normalized spacial score (nSPS) is 22.8. The van der Waals surface area contributed by atoms with Crippen molar-refractivity contribution in [2.75, 3.05) is 20.2 Å². The molecule has 1 N–H and O–H groups in total. The number of nitrogens with one attached hydrogen (secondary N) is 1. The minimum Gasteiger partial charge on any atom is -0.497 e. The van der Waals surface area contributed by atoms with Gasteiger partial charge in [0.1, 0.15) is 27.8 Å². The quantitative estimate of drug-likeness (QED) is 0.480. The van der Waals surface area contributed by atoms with Gasteiger partial charge in [0.25, 0.3) is 5.91 Å². The van der Waals surface area contributed by atoms with Gasteiger partial charge in [0.05, 0.1) is 19.7 Å². The lowest BCUT2D eigenvalue weighted by molar-refractivity contribution is -0.143. The molecule has 2 aromatic heterocycles. The van der Waals surface area contributed by atoms with Crippen LogP contribution in [0.5, 0.6) is 5.75 Å². The van der Waals surface area contributed by atoms with Crippen LogP contribution in [0.25, 0.3) is 11.0 Å². The Morgan fingerprint density at radius 1 is 1.15 bits per heavy atom. The number of Topliss-reactive ketones (excluding diaryl/α,β-unsaturated/α-hetero) is 1. The lowest BCUT2D eigenvalue weighted by atomic mass is 9.80. The van der Waals surface area contributed by atoms with Crippen molar-refractivity contribution in [2.24, 2.45) is 0 Å². The second-order valence-corrected chi connectivity index (χ2v) is 12.5. The lowest BCUT2D eigenvalue weighted by Gasteiger charge is -2.40. The molecule has 0 spiro atoms. The molecule has 0 bridgehead atoms. The van der Waals surface area contributed by atoms with Crippen LogP contribution in [0.4, 0.5) is 0 Å². The molecule has 210 valence electrons. The van der Waals surface area contributed by atoms with Gasteiger partial charge in [0, 0.05) is 24.3 Å². The van der Waals surface area contributed by atoms with Crippen molar-refractivity contribution < 1.29 is 32.0 Å². The number of pyridine rings is 1. The Morgan fingerprint density at radius 2 is 1.95 bits per heavy atom. The molecule has 2 unspecified atom stereocenters. The van der Waals surface area contributed by atoms with Crippen LogP contribution in [0.15, 0.2) is 58.1 Å². The second-order valence-electron chi connectivity index (χ2n) is 10.6. The zero-order valence-corrected chi connectivity index (χ0v) is 22.9. The monoisotopic (exact) mass is 566 g/mol. The van der Waals surface area contributed by atoms with Crippen LogP contribution in [0.1, 0.15) is 49.1 Å². The number of furan rings is 1. The summed E-state index contributed by atoms with van der Waals surface area (Å²) in [5.74, 6) is -0.485. The van der Waals surface area contributed by atoms with E-state index in [9.17, 15) is 22.8 Å². The first-order chi connectivity index (χ1) is 19.2. The van der Waals surface area contributed by atoms with Crippen molar-refractivity contribution >= 4 is 38.6 Å². The summed E-state index contributed by atoms with van der Waals surface area (Å²) in [6.07, 6.45) is 6.31. The van der Waals surface area contributed by atoms with Crippen molar-refractivity contribution in [3.05, 3.63) is 54.6 Å². The fraction of sp³-hybridized carbons (Fsp3) is 0.429. The Bertz CT molecular complexity index is 1580. The van der Waals surface area contributed by atoms with E-state index < -0.39 is 33.6 Å². The van der Waals surface area contributed by atoms with Gasteiger partial charge in [-0.1, -0.05) is 19.3 Å². The van der Waals surface area contributed by atoms with E-state index in [1.54, 1.807) is 31.4 Å². The molecule has 2 saturated heterocycles. The number of carbonyl (C=O) groups is 3. The number of hydrogen-bond acceptors (Lipinski definition) is 8. The van der Waals surface area contributed by atoms with Crippen LogP contribution in [-0.2, 0) is 19.6 Å². The molecule has 1 aliphatic carbocycles. The Kier molecular flexibility index (Phi) is 6.62. The van der Waals surface area contributed by atoms with Crippen LogP contribution in [0.2, 0.25) is 0 Å². The Balaban J connectivity index is 1.26. The summed E-state index contributed by atoms with van der Waals surface area (Å²) >= 11 is 0. The number of aromatic nitrogens is 1. The number of rotatable bonds is 6. The molecule has 4 heterocycles. The molecule has 1 saturated carbocycles. The largest absolute Gasteiger partial charge is 0.497 e. The number of sulfonamides is 1. The van der Waals surface area contributed by atoms with Gasteiger partial charge >= 0.3 is 0 Å². The van der Waals surface area contributed by atoms with Crippen LogP contribution >= 0.6 is 0 Å². The number of hydrogen-bond donors (Lipinski definition) is 1. The van der Waals surface area contributed by atoms with Gasteiger partial charge in [-0.3, -0.25) is 19.4 Å². The third-order valence-corrected chi connectivity index (χ3v) is 10.2. The topological polar surface area (TPSA) is 139 Å². The zero-order chi connectivity index (χ0) is 28.1. The van der Waals surface area contributed by atoms with Gasteiger partial charge in [-0.05, 0) is 55.7 Å². The summed E-state index contributed by atoms with van der Waals surface area (Å²) in [5.41, 5.74) is -0.694. The first kappa shape index (κ1) is 26.5. The molecular formula is C28H30N4O7S. The van der Waals surface area contributed by atoms with Crippen LogP contribution in [-0.4, -0.2) is 78.0 Å². The van der Waals surface area contributed by atoms with E-state index in [-0.39, 0.29) is 35.4 Å². The molecule has 2 aliphatic heterocycles. The highest BCUT2D eigenvalue weighted by atomic mass is 32.2. The van der Waals surface area contributed by atoms with E-state index in [0.29, 0.717) is 36.0 Å². The third kappa shape index (κ3) is 4.35. The van der Waals surface area contributed by atoms with Crippen molar-refractivity contribution in [3.8, 4) is 5.75 Å². The number of carbonyl (C=O) groups excluding carboxylic acids is 3. The fourth-order valence-corrected chi connectivity index (χ4v) is 7.91. The van der Waals surface area contributed by atoms with E-state index in [1.165, 1.54) is 33.7 Å². The molecule has 3 aliphatic rings. The summed E-state index contributed by atoms with van der Waals surface area (Å²) in [6.45, 7) is -0.0842. The van der Waals surface area contributed by atoms with Gasteiger partial charge in [0.2, 0.25) is 15.9 Å². The molecule has 2 amide bonds. The maximum atomic E-state index is 14.2. The Hall–Kier alpha value is -3.77. The summed E-state index contributed by atoms with van der Waals surface area (Å²) in [5, 5.41) is 3.67. The van der Waals surface area contributed by atoms with E-state index in [1.807, 2.05) is 0 Å². The van der Waals surface area contributed by atoms with Crippen molar-refractivity contribution in [2.45, 2.75) is 61.0 Å². The predicted molar refractivity (Wildman–Crippen MR) is 143 cm³/mol. The number of methoxy groups -OCH3 is 1. The Morgan fingerprint density at radius 3 is 2.67 bits per heavy atom. The van der Waals surface area contributed by atoms with Gasteiger partial charge in [-0.2, -0.15) is 4.31 Å². The van der Waals surface area contributed by atoms with Crippen LogP contribution in [0.3, 0.4) is 0 Å². The second kappa shape index (κ2) is 10.0. The molecule has 3 aromatic rings. The van der Waals surface area contributed by atoms with Crippen molar-refractivity contribution in [1.29, 1.82) is 0 Å². The smallest absolute Gasteiger partial charge is 0.287 e. The summed E-state index contributed by atoms with van der Waals surface area (Å²) in [4.78, 5) is 46.2. The maximum absolute atomic E-state index is 14.2. The first-order valence-electron chi connectivity index (χ1n) is 13.4. The summed E-state index contributed by atoms with van der Waals surface area (Å²) < 4.78 is 38.9. The number of amides is 2. The first-order valence-corrected chi connectivity index (χ1v) is 14.8. The average molecular weight is 567 g/mol. The number of nitrogens with zero attached hydrogens (tertiary/aromatic N) is 3. The molecule has 40 heavy (non-hydrogen) atoms. The van der Waals surface area contributed by atoms with Crippen molar-refractivity contribution in [3.63, 3.8) is 0 Å². The minimum atomic E-state index is -3.97. The SMILES string of the molecule is COc1ccc2oc(C(=O)NC3(C(=O)N4CCC5C4C(=O)CN5S(=O)(=O)c4cccnc4)CCCCC3)cc2c1. The predicted octanol–water partition coefficient (Wildman–Crippen LogP) is 2.51. The van der Waals surface area contributed by atoms with Crippen molar-refractivity contribution in [1.82, 2.24) is 19.5 Å². The molecule has 3 fully saturated rings. The highest BCUT2D eigenvalue weighted by Crippen LogP contribution is 2.38. The molecule has 1 aromatic carbocycles. The summed E-state index contributed by atoms with van der Waals surface area (Å²) in [7, 11) is -2.41. The molecule has 0 radical (unpaired) electrons. The summed E-state index contributed by atoms with van der Waals surface area (Å²) in [6, 6.07) is 8.24. The number of ketones is 1. The minimum absolute atomic E-state index is 0.00713. The molecule has 2 atom stereocenters. The fourth-order valence-electron chi connectivity index (χ4n) is 6.32. The zero-order valence-electron chi connectivity index (χ0n) is 22.0. The Labute approximate surface area is 231 Å². The van der Waals surface area contributed by atoms with Crippen LogP contribution in [0, 0.1) is 0 Å². The lowest BCUT2D eigenvalue weighted by Crippen LogP contribution is -2.62. The third-order valence-electron chi connectivity index (χ3n) is 8.30. The number of fused-ring (bicyclic) bond motifs is 2. The van der Waals surface area contributed by atoms with Gasteiger partial charge in [-0.15, -0.1) is 0 Å². The average Bonchev–Trinajstić information content (AvgIpc) is 3.68. The highest BCUT2D eigenvalue weighted by molar-refractivity contribution is 7.89. The number of likely N-dealkylation sites (tertiary alicyclic amines) is 1. The van der Waals surface area contributed by atoms with E-state index in [2.05, 4.69) is 10.3 Å². The van der Waals surface area contributed by atoms with E-state index in [0.717, 1.165) is 19.3 Å². The van der Waals surface area contributed by atoms with Gasteiger partial charge in [0.15, 0.2) is 11.5 Å². The van der Waals surface area contributed by atoms with Gasteiger partial charge < -0.3 is 19.4 Å². The molecular weight excluding hydrogens is 536 g/mol. The number of benzene rings is 1.